The topological polar surface area (TPSA) is 55.1 Å². The second-order valence-electron chi connectivity index (χ2n) is 5.56. The number of alkyl halides is 3. The van der Waals surface area contributed by atoms with Crippen LogP contribution in [0.2, 0.25) is 0 Å². The predicted octanol–water partition coefficient (Wildman–Crippen LogP) is 3.47. The minimum Gasteiger partial charge on any atom is -0.326 e. The van der Waals surface area contributed by atoms with Gasteiger partial charge in [-0.1, -0.05) is 6.07 Å². The normalized spacial score (nSPS) is 12.3. The molecular formula is C14H19F3N2O. The van der Waals surface area contributed by atoms with Crippen LogP contribution in [-0.2, 0) is 11.0 Å². The van der Waals surface area contributed by atoms with Crippen LogP contribution in [0.1, 0.15) is 37.8 Å². The van der Waals surface area contributed by atoms with Gasteiger partial charge in [0.1, 0.15) is 0 Å². The van der Waals surface area contributed by atoms with E-state index in [9.17, 15) is 18.0 Å². The van der Waals surface area contributed by atoms with Gasteiger partial charge in [0.05, 0.1) is 5.56 Å². The molecule has 0 unspecified atom stereocenters. The van der Waals surface area contributed by atoms with Crippen molar-refractivity contribution < 1.29 is 18.0 Å². The number of benzene rings is 1. The summed E-state index contributed by atoms with van der Waals surface area (Å²) >= 11 is 0. The number of carbonyl (C=O) groups is 1. The molecule has 0 atom stereocenters. The van der Waals surface area contributed by atoms with Crippen molar-refractivity contribution in [2.75, 3.05) is 5.32 Å². The van der Waals surface area contributed by atoms with Crippen LogP contribution < -0.4 is 11.1 Å². The lowest BCUT2D eigenvalue weighted by molar-refractivity contribution is -0.137. The third-order valence-corrected chi connectivity index (χ3v) is 2.84. The van der Waals surface area contributed by atoms with Crippen LogP contribution in [0.4, 0.5) is 18.9 Å². The summed E-state index contributed by atoms with van der Waals surface area (Å²) in [5.41, 5.74) is 5.26. The Morgan fingerprint density at radius 1 is 1.30 bits per heavy atom. The first-order chi connectivity index (χ1) is 8.99. The number of hydrogen-bond acceptors (Lipinski definition) is 2. The van der Waals surface area contributed by atoms with E-state index >= 15 is 0 Å². The number of nitrogens with one attached hydrogen (secondary N) is 1. The lowest BCUT2D eigenvalue weighted by Crippen LogP contribution is -2.33. The summed E-state index contributed by atoms with van der Waals surface area (Å²) in [7, 11) is 0. The number of anilines is 1. The van der Waals surface area contributed by atoms with Gasteiger partial charge in [-0.15, -0.1) is 0 Å². The molecule has 1 aromatic carbocycles. The summed E-state index contributed by atoms with van der Waals surface area (Å²) in [5, 5.41) is 2.50. The van der Waals surface area contributed by atoms with Gasteiger partial charge in [-0.3, -0.25) is 4.79 Å². The average molecular weight is 288 g/mol. The Labute approximate surface area is 116 Å². The quantitative estimate of drug-likeness (QED) is 0.891. The smallest absolute Gasteiger partial charge is 0.326 e. The van der Waals surface area contributed by atoms with Gasteiger partial charge in [0, 0.05) is 17.6 Å². The Morgan fingerprint density at radius 3 is 2.40 bits per heavy atom. The molecule has 0 saturated heterocycles. The van der Waals surface area contributed by atoms with E-state index in [4.69, 9.17) is 5.73 Å². The number of carbonyl (C=O) groups excluding carboxylic acids is 1. The lowest BCUT2D eigenvalue weighted by Gasteiger charge is -2.18. The van der Waals surface area contributed by atoms with Gasteiger partial charge in [-0.05, 0) is 44.9 Å². The number of amides is 1. The van der Waals surface area contributed by atoms with Crippen molar-refractivity contribution in [1.82, 2.24) is 0 Å². The molecule has 20 heavy (non-hydrogen) atoms. The van der Waals surface area contributed by atoms with Gasteiger partial charge in [0.2, 0.25) is 5.91 Å². The van der Waals surface area contributed by atoms with Crippen molar-refractivity contribution in [2.45, 2.75) is 45.3 Å². The second-order valence-corrected chi connectivity index (χ2v) is 5.56. The highest BCUT2D eigenvalue weighted by molar-refractivity contribution is 5.91. The van der Waals surface area contributed by atoms with Gasteiger partial charge in [0.25, 0.3) is 0 Å². The van der Waals surface area contributed by atoms with Crippen LogP contribution >= 0.6 is 0 Å². The zero-order chi connectivity index (χ0) is 15.6. The van der Waals surface area contributed by atoms with Crippen molar-refractivity contribution in [2.24, 2.45) is 5.73 Å². The molecule has 3 nitrogen and oxygen atoms in total. The van der Waals surface area contributed by atoms with Crippen LogP contribution in [0.15, 0.2) is 18.2 Å². The Kier molecular flexibility index (Phi) is 4.81. The van der Waals surface area contributed by atoms with E-state index in [1.165, 1.54) is 6.07 Å². The minimum absolute atomic E-state index is 0.166. The molecule has 0 aromatic heterocycles. The molecule has 0 aliphatic heterocycles. The molecule has 0 heterocycles. The molecule has 0 radical (unpaired) electrons. The number of nitrogens with two attached hydrogens (primary N) is 1. The first-order valence-corrected chi connectivity index (χ1v) is 6.25. The maximum atomic E-state index is 12.6. The summed E-state index contributed by atoms with van der Waals surface area (Å²) in [6.45, 7) is 5.22. The van der Waals surface area contributed by atoms with Gasteiger partial charge in [-0.2, -0.15) is 13.2 Å². The van der Waals surface area contributed by atoms with Crippen LogP contribution in [0.5, 0.6) is 0 Å². The van der Waals surface area contributed by atoms with Gasteiger partial charge in [-0.25, -0.2) is 0 Å². The molecule has 112 valence electrons. The van der Waals surface area contributed by atoms with Crippen molar-refractivity contribution in [3.63, 3.8) is 0 Å². The van der Waals surface area contributed by atoms with E-state index in [0.717, 1.165) is 12.1 Å². The summed E-state index contributed by atoms with van der Waals surface area (Å²) in [4.78, 5) is 11.7. The van der Waals surface area contributed by atoms with Crippen molar-refractivity contribution in [1.29, 1.82) is 0 Å². The molecule has 0 spiro atoms. The lowest BCUT2D eigenvalue weighted by atomic mass is 10.00. The maximum Gasteiger partial charge on any atom is 0.416 e. The predicted molar refractivity (Wildman–Crippen MR) is 72.3 cm³/mol. The van der Waals surface area contributed by atoms with E-state index < -0.39 is 17.3 Å². The highest BCUT2D eigenvalue weighted by Crippen LogP contribution is 2.32. The van der Waals surface area contributed by atoms with E-state index in [2.05, 4.69) is 5.32 Å². The molecule has 6 heteroatoms. The highest BCUT2D eigenvalue weighted by atomic mass is 19.4. The van der Waals surface area contributed by atoms with Crippen LogP contribution in [0.25, 0.3) is 0 Å². The highest BCUT2D eigenvalue weighted by Gasteiger charge is 2.30. The maximum absolute atomic E-state index is 12.6. The summed E-state index contributed by atoms with van der Waals surface area (Å²) in [5.74, 6) is -0.342. The largest absolute Gasteiger partial charge is 0.416 e. The SMILES string of the molecule is Cc1ccc(C(F)(F)F)cc1NC(=O)CCC(C)(C)N. The molecule has 1 rings (SSSR count). The number of rotatable bonds is 4. The van der Waals surface area contributed by atoms with Crippen molar-refractivity contribution >= 4 is 11.6 Å². The monoisotopic (exact) mass is 288 g/mol. The molecule has 1 amide bonds. The number of aryl methyl sites for hydroxylation is 1. The first kappa shape index (κ1) is 16.5. The van der Waals surface area contributed by atoms with Crippen molar-refractivity contribution in [3.05, 3.63) is 29.3 Å². The van der Waals surface area contributed by atoms with Crippen LogP contribution in [0, 0.1) is 6.92 Å². The molecule has 0 bridgehead atoms. The molecule has 1 aromatic rings. The molecule has 0 fully saturated rings. The molecule has 0 saturated carbocycles. The van der Waals surface area contributed by atoms with Gasteiger partial charge in [0.15, 0.2) is 0 Å². The molecule has 0 aliphatic rings. The first-order valence-electron chi connectivity index (χ1n) is 6.25. The van der Waals surface area contributed by atoms with Crippen molar-refractivity contribution in [3.8, 4) is 0 Å². The summed E-state index contributed by atoms with van der Waals surface area (Å²) < 4.78 is 37.8. The summed E-state index contributed by atoms with van der Waals surface area (Å²) in [6.07, 6.45) is -3.80. The Bertz CT molecular complexity index is 490. The van der Waals surface area contributed by atoms with E-state index in [0.29, 0.717) is 12.0 Å². The molecule has 3 N–H and O–H groups in total. The number of hydrogen-bond donors (Lipinski definition) is 2. The van der Waals surface area contributed by atoms with Crippen LogP contribution in [-0.4, -0.2) is 11.4 Å². The average Bonchev–Trinajstić information content (AvgIpc) is 2.27. The second kappa shape index (κ2) is 5.83. The fraction of sp³-hybridized carbons (Fsp3) is 0.500. The number of halogens is 3. The zero-order valence-electron chi connectivity index (χ0n) is 11.8. The fourth-order valence-corrected chi connectivity index (χ4v) is 1.58. The van der Waals surface area contributed by atoms with E-state index in [-0.39, 0.29) is 18.0 Å². The standard InChI is InChI=1S/C14H19F3N2O/c1-9-4-5-10(14(15,16)17)8-11(9)19-12(20)6-7-13(2,3)18/h4-5,8H,6-7,18H2,1-3H3,(H,19,20). The Balaban J connectivity index is 2.79. The Hall–Kier alpha value is -1.56. The van der Waals surface area contributed by atoms with E-state index in [1.807, 2.05) is 0 Å². The molecular weight excluding hydrogens is 269 g/mol. The van der Waals surface area contributed by atoms with Crippen LogP contribution in [0.3, 0.4) is 0 Å². The third kappa shape index (κ3) is 5.21. The third-order valence-electron chi connectivity index (χ3n) is 2.84. The Morgan fingerprint density at radius 2 is 1.90 bits per heavy atom. The minimum atomic E-state index is -4.42. The van der Waals surface area contributed by atoms with Gasteiger partial charge >= 0.3 is 6.18 Å². The van der Waals surface area contributed by atoms with Gasteiger partial charge < -0.3 is 11.1 Å². The van der Waals surface area contributed by atoms with E-state index in [1.54, 1.807) is 20.8 Å². The molecule has 0 aliphatic carbocycles. The summed E-state index contributed by atoms with van der Waals surface area (Å²) in [6, 6.07) is 3.28. The fourth-order valence-electron chi connectivity index (χ4n) is 1.58. The zero-order valence-corrected chi connectivity index (χ0v) is 11.8.